The molecule has 0 spiro atoms. The molecule has 1 aromatic carbocycles. The van der Waals surface area contributed by atoms with Gasteiger partial charge < -0.3 is 15.1 Å². The van der Waals surface area contributed by atoms with Gasteiger partial charge in [-0.25, -0.2) is 9.97 Å². The number of piperidine rings is 1. The molecular formula is C21H28N4O2. The molecule has 2 aliphatic rings. The molecule has 0 amide bonds. The highest BCUT2D eigenvalue weighted by atomic mass is 16.3. The highest BCUT2D eigenvalue weighted by molar-refractivity contribution is 5.57. The number of aliphatic hydroxyl groups is 2. The number of hydrogen-bond acceptors (Lipinski definition) is 6. The van der Waals surface area contributed by atoms with E-state index >= 15 is 0 Å². The van der Waals surface area contributed by atoms with Crippen LogP contribution in [0.2, 0.25) is 0 Å². The number of aryl methyl sites for hydroxylation is 1. The van der Waals surface area contributed by atoms with Crippen LogP contribution in [0.15, 0.2) is 36.4 Å². The van der Waals surface area contributed by atoms with Crippen LogP contribution >= 0.6 is 0 Å². The van der Waals surface area contributed by atoms with Crippen molar-refractivity contribution in [1.29, 1.82) is 0 Å². The third kappa shape index (κ3) is 3.98. The summed E-state index contributed by atoms with van der Waals surface area (Å²) in [4.78, 5) is 14.1. The van der Waals surface area contributed by atoms with Crippen LogP contribution in [0.3, 0.4) is 0 Å². The summed E-state index contributed by atoms with van der Waals surface area (Å²) < 4.78 is 0. The fraction of sp³-hybridized carbons (Fsp3) is 0.524. The Kier molecular flexibility index (Phi) is 5.12. The molecule has 2 aromatic rings. The van der Waals surface area contributed by atoms with Gasteiger partial charge in [-0.3, -0.25) is 4.90 Å². The molecule has 144 valence electrons. The second-order valence-corrected chi connectivity index (χ2v) is 7.88. The zero-order valence-electron chi connectivity index (χ0n) is 15.9. The first-order valence-electron chi connectivity index (χ1n) is 9.80. The highest BCUT2D eigenvalue weighted by Crippen LogP contribution is 2.29. The van der Waals surface area contributed by atoms with Crippen molar-refractivity contribution in [2.24, 2.45) is 0 Å². The first-order valence-corrected chi connectivity index (χ1v) is 9.80. The second-order valence-electron chi connectivity index (χ2n) is 7.88. The molecule has 2 aliphatic heterocycles. The highest BCUT2D eigenvalue weighted by Gasteiger charge is 2.39. The van der Waals surface area contributed by atoms with E-state index in [2.05, 4.69) is 20.9 Å². The summed E-state index contributed by atoms with van der Waals surface area (Å²) in [5.74, 6) is 1.77. The molecule has 0 saturated carbocycles. The molecule has 0 radical (unpaired) electrons. The van der Waals surface area contributed by atoms with E-state index in [1.807, 2.05) is 37.3 Å². The van der Waals surface area contributed by atoms with E-state index in [-0.39, 0.29) is 6.61 Å². The van der Waals surface area contributed by atoms with E-state index in [4.69, 9.17) is 4.98 Å². The summed E-state index contributed by atoms with van der Waals surface area (Å²) in [6.45, 7) is 5.22. The van der Waals surface area contributed by atoms with Crippen LogP contribution < -0.4 is 4.90 Å². The normalized spacial score (nSPS) is 24.5. The average molecular weight is 368 g/mol. The molecule has 3 heterocycles. The Morgan fingerprint density at radius 3 is 2.52 bits per heavy atom. The van der Waals surface area contributed by atoms with Crippen LogP contribution in [0.1, 0.15) is 25.0 Å². The largest absolute Gasteiger partial charge is 0.393 e. The molecule has 1 atom stereocenters. The summed E-state index contributed by atoms with van der Waals surface area (Å²) in [5, 5.41) is 19.7. The maximum atomic E-state index is 10.3. The molecule has 27 heavy (non-hydrogen) atoms. The van der Waals surface area contributed by atoms with Crippen LogP contribution in [0, 0.1) is 6.92 Å². The predicted octanol–water partition coefficient (Wildman–Crippen LogP) is 1.85. The van der Waals surface area contributed by atoms with Gasteiger partial charge in [0.05, 0.1) is 6.61 Å². The van der Waals surface area contributed by atoms with Gasteiger partial charge in [-0.2, -0.15) is 0 Å². The molecule has 0 bridgehead atoms. The third-order valence-corrected chi connectivity index (χ3v) is 5.83. The number of benzene rings is 1. The molecule has 0 aliphatic carbocycles. The minimum absolute atomic E-state index is 0.148. The van der Waals surface area contributed by atoms with E-state index in [0.29, 0.717) is 19.0 Å². The van der Waals surface area contributed by atoms with Crippen molar-refractivity contribution in [3.05, 3.63) is 42.1 Å². The van der Waals surface area contributed by atoms with Gasteiger partial charge in [0, 0.05) is 49.5 Å². The molecule has 1 aromatic heterocycles. The van der Waals surface area contributed by atoms with E-state index in [1.54, 1.807) is 0 Å². The summed E-state index contributed by atoms with van der Waals surface area (Å²) in [6, 6.07) is 12.6. The van der Waals surface area contributed by atoms with Crippen molar-refractivity contribution in [2.45, 2.75) is 37.8 Å². The van der Waals surface area contributed by atoms with Crippen molar-refractivity contribution in [2.75, 3.05) is 37.7 Å². The number of likely N-dealkylation sites (tertiary alicyclic amines) is 1. The number of aromatic nitrogens is 2. The molecule has 2 fully saturated rings. The quantitative estimate of drug-likeness (QED) is 0.858. The number of β-amino-alcohol motifs (C(OH)–C–C–N with tert-alkyl or cyclic N) is 1. The van der Waals surface area contributed by atoms with E-state index < -0.39 is 5.60 Å². The van der Waals surface area contributed by atoms with Crippen LogP contribution in [0.5, 0.6) is 0 Å². The van der Waals surface area contributed by atoms with Gasteiger partial charge >= 0.3 is 0 Å². The Bertz CT molecular complexity index is 777. The first-order chi connectivity index (χ1) is 13.1. The number of aliphatic hydroxyl groups excluding tert-OH is 1. The first kappa shape index (κ1) is 18.3. The van der Waals surface area contributed by atoms with Gasteiger partial charge in [0.2, 0.25) is 0 Å². The SMILES string of the molecule is Cc1cc(N2CCC(N3CCC(O)(CO)C3)CC2)nc(-c2ccccc2)n1. The zero-order chi connectivity index (χ0) is 18.9. The lowest BCUT2D eigenvalue weighted by atomic mass is 10.0. The number of hydrogen-bond donors (Lipinski definition) is 2. The summed E-state index contributed by atoms with van der Waals surface area (Å²) in [6.07, 6.45) is 2.76. The lowest BCUT2D eigenvalue weighted by molar-refractivity contribution is -0.00940. The lowest BCUT2D eigenvalue weighted by Gasteiger charge is -2.37. The lowest BCUT2D eigenvalue weighted by Crippen LogP contribution is -2.46. The van der Waals surface area contributed by atoms with Crippen LogP contribution in [-0.2, 0) is 0 Å². The van der Waals surface area contributed by atoms with Crippen LogP contribution in [-0.4, -0.2) is 69.5 Å². The average Bonchev–Trinajstić information content (AvgIpc) is 3.11. The molecule has 6 heteroatoms. The van der Waals surface area contributed by atoms with Crippen molar-refractivity contribution in [1.82, 2.24) is 14.9 Å². The maximum Gasteiger partial charge on any atom is 0.161 e. The number of anilines is 1. The summed E-state index contributed by atoms with van der Waals surface area (Å²) in [5.41, 5.74) is 1.11. The molecule has 6 nitrogen and oxygen atoms in total. The fourth-order valence-electron chi connectivity index (χ4n) is 4.22. The minimum atomic E-state index is -0.911. The fourth-order valence-corrected chi connectivity index (χ4v) is 4.22. The molecule has 2 saturated heterocycles. The Morgan fingerprint density at radius 1 is 1.11 bits per heavy atom. The van der Waals surface area contributed by atoms with E-state index in [9.17, 15) is 10.2 Å². The Hall–Kier alpha value is -2.02. The van der Waals surface area contributed by atoms with E-state index in [0.717, 1.165) is 55.4 Å². The smallest absolute Gasteiger partial charge is 0.161 e. The monoisotopic (exact) mass is 368 g/mol. The van der Waals surface area contributed by atoms with Gasteiger partial charge in [0.1, 0.15) is 11.4 Å². The maximum absolute atomic E-state index is 10.3. The van der Waals surface area contributed by atoms with Crippen LogP contribution in [0.4, 0.5) is 5.82 Å². The predicted molar refractivity (Wildman–Crippen MR) is 106 cm³/mol. The Morgan fingerprint density at radius 2 is 1.85 bits per heavy atom. The van der Waals surface area contributed by atoms with Crippen molar-refractivity contribution < 1.29 is 10.2 Å². The molecular weight excluding hydrogens is 340 g/mol. The molecule has 2 N–H and O–H groups in total. The van der Waals surface area contributed by atoms with Crippen molar-refractivity contribution in [3.63, 3.8) is 0 Å². The van der Waals surface area contributed by atoms with Gasteiger partial charge in [-0.1, -0.05) is 30.3 Å². The summed E-state index contributed by atoms with van der Waals surface area (Å²) in [7, 11) is 0. The zero-order valence-corrected chi connectivity index (χ0v) is 15.9. The second kappa shape index (κ2) is 7.54. The number of rotatable bonds is 4. The Labute approximate surface area is 160 Å². The van der Waals surface area contributed by atoms with Crippen molar-refractivity contribution in [3.8, 4) is 11.4 Å². The minimum Gasteiger partial charge on any atom is -0.393 e. The topological polar surface area (TPSA) is 72.7 Å². The standard InChI is InChI=1S/C21H28N4O2/c1-16-13-19(23-20(22-16)17-5-3-2-4-6-17)24-10-7-18(8-11-24)25-12-9-21(27,14-25)15-26/h2-6,13,18,26-27H,7-12,14-15H2,1H3. The summed E-state index contributed by atoms with van der Waals surface area (Å²) >= 11 is 0. The van der Waals surface area contributed by atoms with Gasteiger partial charge in [-0.15, -0.1) is 0 Å². The third-order valence-electron chi connectivity index (χ3n) is 5.83. The molecule has 1 unspecified atom stereocenters. The Balaban J connectivity index is 1.44. The van der Waals surface area contributed by atoms with Gasteiger partial charge in [0.15, 0.2) is 5.82 Å². The van der Waals surface area contributed by atoms with Crippen LogP contribution in [0.25, 0.3) is 11.4 Å². The van der Waals surface area contributed by atoms with E-state index in [1.165, 1.54) is 0 Å². The molecule has 4 rings (SSSR count). The van der Waals surface area contributed by atoms with Gasteiger partial charge in [0.25, 0.3) is 0 Å². The number of nitrogens with zero attached hydrogens (tertiary/aromatic N) is 4. The van der Waals surface area contributed by atoms with Gasteiger partial charge in [-0.05, 0) is 26.2 Å². The van der Waals surface area contributed by atoms with Crippen molar-refractivity contribution >= 4 is 5.82 Å².